The minimum absolute atomic E-state index is 0. The second-order valence-electron chi connectivity index (χ2n) is 21.0. The molecule has 48 heteroatoms. The molecule has 4 fully saturated rings. The Morgan fingerprint density at radius 2 is 0.818 bits per heavy atom. The van der Waals surface area contributed by atoms with Gasteiger partial charge in [-0.05, 0) is 20.8 Å². The van der Waals surface area contributed by atoms with E-state index in [1.165, 1.54) is 64.3 Å². The summed E-state index contributed by atoms with van der Waals surface area (Å²) in [5.74, 6) is -1.86. The van der Waals surface area contributed by atoms with Crippen LogP contribution in [-0.4, -0.2) is 258 Å². The van der Waals surface area contributed by atoms with Crippen molar-refractivity contribution in [2.45, 2.75) is 147 Å². The summed E-state index contributed by atoms with van der Waals surface area (Å²) in [4.78, 5) is 100. The average Bonchev–Trinajstić information content (AvgIpc) is 1.55. The first-order chi connectivity index (χ1) is 45.3. The molecule has 0 bridgehead atoms. The van der Waals surface area contributed by atoms with Crippen LogP contribution in [0.25, 0.3) is 44.7 Å². The van der Waals surface area contributed by atoms with Crippen molar-refractivity contribution >= 4 is 117 Å². The van der Waals surface area contributed by atoms with Crippen molar-refractivity contribution < 1.29 is 174 Å². The van der Waals surface area contributed by atoms with Crippen LogP contribution in [0.2, 0.25) is 10.3 Å². The number of carbonyl (C=O) groups excluding carboxylic acids is 3. The molecule has 4 aliphatic rings. The maximum Gasteiger partial charge on any atom is 1.00 e. The molecule has 0 unspecified atom stereocenters. The predicted molar refractivity (Wildman–Crippen MR) is 332 cm³/mol. The number of carbonyl (C=O) groups is 3. The van der Waals surface area contributed by atoms with Crippen molar-refractivity contribution in [1.29, 1.82) is 0 Å². The van der Waals surface area contributed by atoms with E-state index in [2.05, 4.69) is 64.3 Å². The van der Waals surface area contributed by atoms with Gasteiger partial charge in [0.1, 0.15) is 89.7 Å². The number of aliphatic hydroxyl groups is 9. The average molecular weight is 1480 g/mol. The topological polar surface area (TPSA) is 643 Å². The van der Waals surface area contributed by atoms with Gasteiger partial charge in [-0.25, -0.2) is 34.5 Å². The number of nitrogen functional groups attached to an aromatic ring is 4. The fourth-order valence-corrected chi connectivity index (χ4v) is 10.9. The Labute approximate surface area is 615 Å². The van der Waals surface area contributed by atoms with Gasteiger partial charge in [0.15, 0.2) is 70.0 Å². The number of esters is 3. The standard InChI is InChI=1S/C16H18ClN5O7.C11H16N5O7P.C11H15N5O4.C10H12ClN5O4.C2H6O.CH4.2Na.2H/c1-6(23)26-4-9-11(27-7(2)24)12(28-8(3)25)15(29-9)22-5-19-10-13(17)20-16(18)21-14(10)22;1-4-6-9(15-11(12)14-4)16(3-13-6)10-8(18)7(17)5(23-10)2-22-24(19,20)21;1-4-6-9(15-11(12)14-4)16(3-13-6)10-8(19)7(18)5(2-17)20-10;11-7-4-8(15-10(12)14-7)16(2-13-4)9-6(19)5(18)3(1-17)20-9;1-2-3;;;;;/h5,9,11-12,15H,4H2,1-3H3,(H2,18,20,21);3,5,7-8,10,17-18H,2H2,1H3,(H2,12,14,15)(H2,19,20,21);3,5,7-8,10,17-19H,2H2,1H3,(H2,12,14,15);2-3,5-6,9,17-19H,1H2,(H2,12,14,15);3H,2H2,1H3;1H4;;;;/q;;;;;;2*+1;2*-1/t9-,11-,12-,15-;2*5-,7-,8-,10-;3-,5-,6-,9-;;;;;;/m1111....../s1. The van der Waals surface area contributed by atoms with Crippen molar-refractivity contribution in [1.82, 2.24) is 78.1 Å². The smallest absolute Gasteiger partial charge is 1.00 e. The second kappa shape index (κ2) is 35.7. The Hall–Kier alpha value is -6.02. The number of hydrogen-bond acceptors (Lipinski definition) is 37. The van der Waals surface area contributed by atoms with Crippen LogP contribution >= 0.6 is 31.0 Å². The number of hydrogen-bond donors (Lipinski definition) is 15. The molecule has 0 saturated carbocycles. The number of nitrogens with zero attached hydrogens (tertiary/aromatic N) is 16. The van der Waals surface area contributed by atoms with Crippen molar-refractivity contribution in [2.24, 2.45) is 0 Å². The molecule has 0 spiro atoms. The summed E-state index contributed by atoms with van der Waals surface area (Å²) < 4.78 is 58.6. The number of phosphoric ester groups is 1. The first-order valence-electron chi connectivity index (χ1n) is 28.3. The van der Waals surface area contributed by atoms with Crippen molar-refractivity contribution in [2.75, 3.05) is 56.0 Å². The van der Waals surface area contributed by atoms with Crippen molar-refractivity contribution in [3.05, 3.63) is 47.0 Å². The second-order valence-corrected chi connectivity index (χ2v) is 23.0. The molecule has 0 radical (unpaired) electrons. The zero-order chi connectivity index (χ0) is 70.5. The number of rotatable bonds is 13. The third kappa shape index (κ3) is 19.2. The van der Waals surface area contributed by atoms with Crippen LogP contribution in [0, 0.1) is 13.8 Å². The molecule has 0 amide bonds. The Balaban J connectivity index is 0.000000343. The van der Waals surface area contributed by atoms with Crippen molar-refractivity contribution in [3.63, 3.8) is 0 Å². The van der Waals surface area contributed by atoms with Crippen LogP contribution in [0.1, 0.15) is 74.3 Å². The van der Waals surface area contributed by atoms with Gasteiger partial charge in [0.25, 0.3) is 0 Å². The van der Waals surface area contributed by atoms with Crippen LogP contribution in [0.4, 0.5) is 23.8 Å². The number of phosphoric acid groups is 1. The number of anilines is 4. The van der Waals surface area contributed by atoms with Gasteiger partial charge in [-0.1, -0.05) is 30.6 Å². The first-order valence-corrected chi connectivity index (χ1v) is 30.5. The summed E-state index contributed by atoms with van der Waals surface area (Å²) in [6.07, 6.45) is -12.0. The molecular weight excluding hydrogens is 1410 g/mol. The summed E-state index contributed by atoms with van der Waals surface area (Å²) in [6.45, 7) is 7.35. The van der Waals surface area contributed by atoms with Crippen molar-refractivity contribution in [3.8, 4) is 0 Å². The molecule has 43 nitrogen and oxygen atoms in total. The van der Waals surface area contributed by atoms with Crippen LogP contribution in [0.3, 0.4) is 0 Å². The minimum atomic E-state index is -4.73. The molecule has 8 aromatic rings. The third-order valence-electron chi connectivity index (χ3n) is 14.2. The monoisotopic (exact) mass is 1480 g/mol. The summed E-state index contributed by atoms with van der Waals surface area (Å²) in [7, 11) is -4.73. The maximum absolute atomic E-state index is 11.7. The number of aryl methyl sites for hydroxylation is 2. The number of nitrogens with two attached hydrogens (primary N) is 4. The maximum atomic E-state index is 11.7. The zero-order valence-corrected chi connectivity index (χ0v) is 59.5. The van der Waals surface area contributed by atoms with Gasteiger partial charge in [0.2, 0.25) is 23.8 Å². The number of halogens is 2. The van der Waals surface area contributed by atoms with E-state index in [1.807, 2.05) is 0 Å². The normalized spacial score (nSPS) is 26.1. The molecule has 99 heavy (non-hydrogen) atoms. The van der Waals surface area contributed by atoms with E-state index in [9.17, 15) is 49.6 Å². The molecule has 0 aliphatic carbocycles. The number of aromatic nitrogens is 16. The van der Waals surface area contributed by atoms with Crippen LogP contribution in [0.15, 0.2) is 25.3 Å². The van der Waals surface area contributed by atoms with E-state index in [-0.39, 0.29) is 134 Å². The summed E-state index contributed by atoms with van der Waals surface area (Å²) in [5, 5.41) is 85.6. The molecule has 8 aromatic heterocycles. The van der Waals surface area contributed by atoms with Gasteiger partial charge in [-0.2, -0.15) is 29.9 Å². The number of imidazole rings is 4. The minimum Gasteiger partial charge on any atom is -1.00 e. The van der Waals surface area contributed by atoms with Crippen LogP contribution in [0.5, 0.6) is 0 Å². The Bertz CT molecular complexity index is 4030. The quantitative estimate of drug-likeness (QED) is 0.0168. The van der Waals surface area contributed by atoms with Gasteiger partial charge < -0.3 is 115 Å². The molecule has 0 aromatic carbocycles. The Morgan fingerprint density at radius 3 is 1.16 bits per heavy atom. The third-order valence-corrected chi connectivity index (χ3v) is 15.2. The largest absolute Gasteiger partial charge is 1.00 e. The van der Waals surface area contributed by atoms with Gasteiger partial charge in [0.05, 0.1) is 56.5 Å². The fraction of sp³-hybridized carbons (Fsp3) is 0.549. The zero-order valence-electron chi connectivity index (χ0n) is 55.1. The SMILES string of the molecule is C.CC(=O)OC[C@H]1O[C@@H](n2cnc3c(Cl)nc(N)nc32)[C@H](OC(C)=O)[C@@H]1OC(C)=O.CCO.Cc1nc(N)nc2c1ncn2[C@@H]1O[C@H](CO)[C@@H](O)[C@H]1O.Cc1nc(N)nc2c1ncn2[C@@H]1O[C@H](COP(=O)(O)O)[C@@H](O)[C@H]1O.Nc1nc(Cl)c2ncn([C@@H]3O[C@H](CO)[C@@H](O)[C@H]3O)c2n1.[H-].[H-].[Na+].[Na+]. The van der Waals surface area contributed by atoms with Crippen LogP contribution in [-0.2, 0) is 56.6 Å². The molecule has 536 valence electrons. The van der Waals surface area contributed by atoms with E-state index in [0.29, 0.717) is 39.2 Å². The molecule has 12 rings (SSSR count). The molecule has 16 atom stereocenters. The van der Waals surface area contributed by atoms with E-state index >= 15 is 0 Å². The van der Waals surface area contributed by atoms with E-state index in [1.54, 1.807) is 20.8 Å². The van der Waals surface area contributed by atoms with Gasteiger partial charge >= 0.3 is 84.8 Å². The van der Waals surface area contributed by atoms with Gasteiger partial charge in [-0.3, -0.25) is 37.2 Å². The predicted octanol–water partition coefficient (Wildman–Crippen LogP) is -9.30. The van der Waals surface area contributed by atoms with E-state index < -0.39 is 144 Å². The number of ether oxygens (including phenoxy) is 7. The Kier molecular flexibility index (Phi) is 30.2. The summed E-state index contributed by atoms with van der Waals surface area (Å²) in [6, 6.07) is 0. The summed E-state index contributed by atoms with van der Waals surface area (Å²) >= 11 is 12.0. The fourth-order valence-electron chi connectivity index (χ4n) is 10.1. The molecular formula is C51H73Cl2N20Na2O23P. The summed E-state index contributed by atoms with van der Waals surface area (Å²) in [5.41, 5.74) is 26.3. The van der Waals surface area contributed by atoms with E-state index in [4.69, 9.17) is 104 Å². The van der Waals surface area contributed by atoms with Gasteiger partial charge in [-0.15, -0.1) is 0 Å². The van der Waals surface area contributed by atoms with E-state index in [0.717, 1.165) is 0 Å². The number of aliphatic hydroxyl groups excluding tert-OH is 9. The molecule has 4 saturated heterocycles. The van der Waals surface area contributed by atoms with Gasteiger partial charge in [0, 0.05) is 27.4 Å². The first kappa shape index (κ1) is 83.6. The number of fused-ring (bicyclic) bond motifs is 4. The Morgan fingerprint density at radius 1 is 0.505 bits per heavy atom. The molecule has 12 heterocycles. The molecule has 4 aliphatic heterocycles. The van der Waals surface area contributed by atoms with Crippen LogP contribution < -0.4 is 82.0 Å². The molecule has 19 N–H and O–H groups in total.